The second-order valence-electron chi connectivity index (χ2n) is 4.74. The second kappa shape index (κ2) is 7.97. The highest BCUT2D eigenvalue weighted by molar-refractivity contribution is 8.00. The van der Waals surface area contributed by atoms with Crippen molar-refractivity contribution in [2.75, 3.05) is 6.54 Å². The minimum Gasteiger partial charge on any atom is -0.300 e. The molecule has 0 aromatic heterocycles. The molecule has 0 aliphatic carbocycles. The van der Waals surface area contributed by atoms with Gasteiger partial charge in [-0.15, -0.1) is 0 Å². The minimum absolute atomic E-state index is 0.365. The van der Waals surface area contributed by atoms with Crippen molar-refractivity contribution in [2.24, 2.45) is 0 Å². The van der Waals surface area contributed by atoms with Crippen LogP contribution in [0.5, 0.6) is 0 Å². The van der Waals surface area contributed by atoms with Gasteiger partial charge in [-0.1, -0.05) is 27.7 Å². The lowest BCUT2D eigenvalue weighted by atomic mass is 9.98. The van der Waals surface area contributed by atoms with Crippen molar-refractivity contribution in [3.8, 4) is 6.07 Å². The molecular formula is C13H26N2S. The van der Waals surface area contributed by atoms with Crippen molar-refractivity contribution in [1.82, 2.24) is 5.32 Å². The van der Waals surface area contributed by atoms with Gasteiger partial charge in [0.1, 0.15) is 5.54 Å². The molecule has 0 rings (SSSR count). The fraction of sp³-hybridized carbons (Fsp3) is 0.923. The summed E-state index contributed by atoms with van der Waals surface area (Å²) >= 11 is 1.98. The van der Waals surface area contributed by atoms with E-state index in [-0.39, 0.29) is 5.54 Å². The van der Waals surface area contributed by atoms with E-state index >= 15 is 0 Å². The number of hydrogen-bond donors (Lipinski definition) is 1. The van der Waals surface area contributed by atoms with E-state index in [0.29, 0.717) is 10.5 Å². The normalized spacial score (nSPS) is 18.5. The van der Waals surface area contributed by atoms with E-state index in [1.807, 2.05) is 18.7 Å². The van der Waals surface area contributed by atoms with Gasteiger partial charge in [-0.25, -0.2) is 0 Å². The third-order valence-corrected chi connectivity index (χ3v) is 4.18. The summed E-state index contributed by atoms with van der Waals surface area (Å²) in [7, 11) is 0. The van der Waals surface area contributed by atoms with Crippen molar-refractivity contribution < 1.29 is 0 Å². The Balaban J connectivity index is 4.15. The summed E-state index contributed by atoms with van der Waals surface area (Å²) in [5, 5.41) is 13.8. The molecule has 0 aromatic rings. The average molecular weight is 242 g/mol. The molecule has 16 heavy (non-hydrogen) atoms. The highest BCUT2D eigenvalue weighted by atomic mass is 32.2. The highest BCUT2D eigenvalue weighted by Gasteiger charge is 2.26. The lowest BCUT2D eigenvalue weighted by Crippen LogP contribution is -2.43. The van der Waals surface area contributed by atoms with Gasteiger partial charge in [0, 0.05) is 10.5 Å². The monoisotopic (exact) mass is 242 g/mol. The molecule has 0 amide bonds. The summed E-state index contributed by atoms with van der Waals surface area (Å²) in [6.45, 7) is 11.7. The standard InChI is InChI=1S/C13H26N2S/c1-6-8-15-13(5,10-14)9-12(4)16-11(3)7-2/h11-12,15H,6-9H2,1-5H3. The Labute approximate surface area is 105 Å². The largest absolute Gasteiger partial charge is 0.300 e. The van der Waals surface area contributed by atoms with E-state index in [1.165, 1.54) is 6.42 Å². The first-order valence-electron chi connectivity index (χ1n) is 6.29. The van der Waals surface area contributed by atoms with Gasteiger partial charge in [0.05, 0.1) is 6.07 Å². The van der Waals surface area contributed by atoms with Crippen LogP contribution in [0.3, 0.4) is 0 Å². The van der Waals surface area contributed by atoms with Crippen LogP contribution in [0.2, 0.25) is 0 Å². The maximum absolute atomic E-state index is 9.23. The van der Waals surface area contributed by atoms with E-state index < -0.39 is 0 Å². The van der Waals surface area contributed by atoms with Crippen LogP contribution < -0.4 is 5.32 Å². The highest BCUT2D eigenvalue weighted by Crippen LogP contribution is 2.26. The van der Waals surface area contributed by atoms with Gasteiger partial charge in [0.25, 0.3) is 0 Å². The second-order valence-corrected chi connectivity index (χ2v) is 6.62. The molecule has 0 saturated carbocycles. The molecule has 1 N–H and O–H groups in total. The van der Waals surface area contributed by atoms with E-state index in [9.17, 15) is 5.26 Å². The van der Waals surface area contributed by atoms with Gasteiger partial charge in [-0.2, -0.15) is 17.0 Å². The van der Waals surface area contributed by atoms with Crippen LogP contribution >= 0.6 is 11.8 Å². The number of rotatable bonds is 8. The molecule has 0 saturated heterocycles. The molecule has 2 nitrogen and oxygen atoms in total. The van der Waals surface area contributed by atoms with Crippen LogP contribution in [0.4, 0.5) is 0 Å². The minimum atomic E-state index is -0.365. The lowest BCUT2D eigenvalue weighted by molar-refractivity contribution is 0.418. The Morgan fingerprint density at radius 3 is 2.38 bits per heavy atom. The van der Waals surface area contributed by atoms with Crippen LogP contribution in [-0.2, 0) is 0 Å². The van der Waals surface area contributed by atoms with Gasteiger partial charge < -0.3 is 0 Å². The zero-order valence-electron chi connectivity index (χ0n) is 11.3. The molecule has 0 aromatic carbocycles. The predicted molar refractivity (Wildman–Crippen MR) is 73.7 cm³/mol. The average Bonchev–Trinajstić information content (AvgIpc) is 2.26. The van der Waals surface area contributed by atoms with Crippen LogP contribution in [-0.4, -0.2) is 22.6 Å². The van der Waals surface area contributed by atoms with Gasteiger partial charge in [-0.3, -0.25) is 5.32 Å². The fourth-order valence-electron chi connectivity index (χ4n) is 1.67. The van der Waals surface area contributed by atoms with E-state index in [2.05, 4.69) is 39.1 Å². The topological polar surface area (TPSA) is 35.8 Å². The Bertz CT molecular complexity index is 224. The van der Waals surface area contributed by atoms with E-state index in [0.717, 1.165) is 19.4 Å². The van der Waals surface area contributed by atoms with Gasteiger partial charge in [0.2, 0.25) is 0 Å². The Kier molecular flexibility index (Phi) is 7.87. The first kappa shape index (κ1) is 15.8. The van der Waals surface area contributed by atoms with Gasteiger partial charge >= 0.3 is 0 Å². The van der Waals surface area contributed by atoms with Crippen molar-refractivity contribution in [2.45, 2.75) is 69.9 Å². The van der Waals surface area contributed by atoms with Crippen molar-refractivity contribution >= 4 is 11.8 Å². The molecule has 3 heteroatoms. The number of hydrogen-bond acceptors (Lipinski definition) is 3. The molecule has 94 valence electrons. The molecule has 3 atom stereocenters. The summed E-state index contributed by atoms with van der Waals surface area (Å²) in [5.41, 5.74) is -0.365. The van der Waals surface area contributed by atoms with Crippen LogP contribution in [0.1, 0.15) is 53.9 Å². The summed E-state index contributed by atoms with van der Waals surface area (Å²) in [6, 6.07) is 2.41. The fourth-order valence-corrected chi connectivity index (χ4v) is 3.09. The first-order chi connectivity index (χ1) is 7.47. The molecule has 0 aliphatic rings. The molecular weight excluding hydrogens is 216 g/mol. The smallest absolute Gasteiger partial charge is 0.104 e. The lowest BCUT2D eigenvalue weighted by Gasteiger charge is -2.27. The van der Waals surface area contributed by atoms with Crippen LogP contribution in [0.25, 0.3) is 0 Å². The zero-order chi connectivity index (χ0) is 12.6. The van der Waals surface area contributed by atoms with Gasteiger partial charge in [-0.05, 0) is 32.7 Å². The van der Waals surface area contributed by atoms with Crippen molar-refractivity contribution in [3.63, 3.8) is 0 Å². The van der Waals surface area contributed by atoms with Crippen LogP contribution in [0.15, 0.2) is 0 Å². The molecule has 0 radical (unpaired) electrons. The number of nitriles is 1. The maximum atomic E-state index is 9.23. The summed E-state index contributed by atoms with van der Waals surface area (Å²) in [5.74, 6) is 0. The van der Waals surface area contributed by atoms with Crippen molar-refractivity contribution in [1.29, 1.82) is 5.26 Å². The Morgan fingerprint density at radius 2 is 1.94 bits per heavy atom. The number of nitrogens with one attached hydrogen (secondary N) is 1. The Morgan fingerprint density at radius 1 is 1.31 bits per heavy atom. The van der Waals surface area contributed by atoms with Gasteiger partial charge in [0.15, 0.2) is 0 Å². The summed E-state index contributed by atoms with van der Waals surface area (Å²) in [4.78, 5) is 0. The molecule has 0 spiro atoms. The maximum Gasteiger partial charge on any atom is 0.104 e. The summed E-state index contributed by atoms with van der Waals surface area (Å²) < 4.78 is 0. The summed E-state index contributed by atoms with van der Waals surface area (Å²) in [6.07, 6.45) is 3.18. The molecule has 0 bridgehead atoms. The molecule has 0 fully saturated rings. The Hall–Kier alpha value is -0.200. The molecule has 0 aliphatic heterocycles. The third kappa shape index (κ3) is 6.40. The first-order valence-corrected chi connectivity index (χ1v) is 7.23. The zero-order valence-corrected chi connectivity index (χ0v) is 12.2. The van der Waals surface area contributed by atoms with E-state index in [4.69, 9.17) is 0 Å². The number of thioether (sulfide) groups is 1. The van der Waals surface area contributed by atoms with Crippen molar-refractivity contribution in [3.05, 3.63) is 0 Å². The predicted octanol–water partition coefficient (Wildman–Crippen LogP) is 3.58. The molecule has 0 heterocycles. The quantitative estimate of drug-likeness (QED) is 0.706. The number of nitrogens with zero attached hydrogens (tertiary/aromatic N) is 1. The SMILES string of the molecule is CCCNC(C)(C#N)CC(C)SC(C)CC. The van der Waals surface area contributed by atoms with Crippen LogP contribution in [0, 0.1) is 11.3 Å². The third-order valence-electron chi connectivity index (χ3n) is 2.75. The van der Waals surface area contributed by atoms with E-state index in [1.54, 1.807) is 0 Å². The molecule has 3 unspecified atom stereocenters.